The van der Waals surface area contributed by atoms with E-state index in [0.717, 1.165) is 17.0 Å². The summed E-state index contributed by atoms with van der Waals surface area (Å²) in [6.45, 7) is 5.67. The molecule has 2 rings (SSSR count). The number of benzene rings is 1. The van der Waals surface area contributed by atoms with E-state index in [-0.39, 0.29) is 11.7 Å². The predicted molar refractivity (Wildman–Crippen MR) is 86.4 cm³/mol. The summed E-state index contributed by atoms with van der Waals surface area (Å²) in [5.74, 6) is 0.699. The van der Waals surface area contributed by atoms with Gasteiger partial charge in [0, 0.05) is 0 Å². The van der Waals surface area contributed by atoms with E-state index in [4.69, 9.17) is 4.74 Å². The Bertz CT molecular complexity index is 691. The third-order valence-corrected chi connectivity index (χ3v) is 3.87. The molecule has 0 spiro atoms. The predicted octanol–water partition coefficient (Wildman–Crippen LogP) is 2.54. The van der Waals surface area contributed by atoms with Crippen LogP contribution in [0.3, 0.4) is 0 Å². The fourth-order valence-electron chi connectivity index (χ4n) is 1.73. The molecule has 1 heterocycles. The van der Waals surface area contributed by atoms with E-state index in [9.17, 15) is 4.79 Å². The minimum absolute atomic E-state index is 0.143. The third-order valence-electron chi connectivity index (χ3n) is 3.03. The minimum atomic E-state index is -0.143. The Hall–Kier alpha value is -2.15. The molecular formula is C15H18N4O2S. The van der Waals surface area contributed by atoms with E-state index in [1.165, 1.54) is 11.8 Å². The number of anilines is 1. The number of thioether (sulfide) groups is 1. The van der Waals surface area contributed by atoms with Crippen LogP contribution in [0.2, 0.25) is 0 Å². The second kappa shape index (κ2) is 7.22. The quantitative estimate of drug-likeness (QED) is 0.854. The summed E-state index contributed by atoms with van der Waals surface area (Å²) in [4.78, 5) is 16.3. The van der Waals surface area contributed by atoms with Gasteiger partial charge in [0.25, 0.3) is 0 Å². The van der Waals surface area contributed by atoms with Crippen LogP contribution in [-0.4, -0.2) is 34.0 Å². The number of hydrogen-bond acceptors (Lipinski definition) is 6. The number of nitrogens with zero attached hydrogens (tertiary/aromatic N) is 3. The Balaban J connectivity index is 1.98. The van der Waals surface area contributed by atoms with Crippen molar-refractivity contribution in [1.29, 1.82) is 0 Å². The van der Waals surface area contributed by atoms with Crippen molar-refractivity contribution in [3.8, 4) is 5.75 Å². The highest BCUT2D eigenvalue weighted by molar-refractivity contribution is 7.99. The molecule has 1 aromatic heterocycles. The number of aromatic nitrogens is 3. The number of ether oxygens (including phenoxy) is 1. The van der Waals surface area contributed by atoms with Crippen LogP contribution < -0.4 is 10.1 Å². The van der Waals surface area contributed by atoms with Crippen LogP contribution in [0.1, 0.15) is 17.0 Å². The van der Waals surface area contributed by atoms with Crippen molar-refractivity contribution >= 4 is 23.4 Å². The smallest absolute Gasteiger partial charge is 0.234 e. The first kappa shape index (κ1) is 16.2. The molecule has 0 bridgehead atoms. The fraction of sp³-hybridized carbons (Fsp3) is 0.333. The van der Waals surface area contributed by atoms with Crippen molar-refractivity contribution in [2.75, 3.05) is 18.2 Å². The highest BCUT2D eigenvalue weighted by atomic mass is 32.2. The van der Waals surface area contributed by atoms with Crippen molar-refractivity contribution in [3.63, 3.8) is 0 Å². The molecule has 22 heavy (non-hydrogen) atoms. The standard InChI is InChI=1S/C15H18N4O2S/c1-9-5-6-13(21-4)12(7-9)17-14(20)8-22-15-16-10(2)11(3)18-19-15/h5-7H,8H2,1-4H3,(H,17,20). The van der Waals surface area contributed by atoms with E-state index in [1.54, 1.807) is 7.11 Å². The molecule has 2 aromatic rings. The monoisotopic (exact) mass is 318 g/mol. The van der Waals surface area contributed by atoms with Crippen molar-refractivity contribution in [2.45, 2.75) is 25.9 Å². The van der Waals surface area contributed by atoms with Crippen molar-refractivity contribution in [1.82, 2.24) is 15.2 Å². The fourth-order valence-corrected chi connectivity index (χ4v) is 2.37. The van der Waals surface area contributed by atoms with E-state index in [0.29, 0.717) is 16.6 Å². The van der Waals surface area contributed by atoms with Crippen LogP contribution in [-0.2, 0) is 4.79 Å². The van der Waals surface area contributed by atoms with E-state index in [2.05, 4.69) is 20.5 Å². The zero-order chi connectivity index (χ0) is 16.1. The lowest BCUT2D eigenvalue weighted by molar-refractivity contribution is -0.113. The van der Waals surface area contributed by atoms with Gasteiger partial charge in [-0.3, -0.25) is 4.79 Å². The molecule has 1 aromatic carbocycles. The number of carbonyl (C=O) groups excluding carboxylic acids is 1. The lowest BCUT2D eigenvalue weighted by atomic mass is 10.2. The maximum atomic E-state index is 12.1. The number of methoxy groups -OCH3 is 1. The highest BCUT2D eigenvalue weighted by Crippen LogP contribution is 2.25. The van der Waals surface area contributed by atoms with Crippen LogP contribution in [0.4, 0.5) is 5.69 Å². The van der Waals surface area contributed by atoms with Gasteiger partial charge in [0.15, 0.2) is 0 Å². The molecule has 0 fully saturated rings. The van der Waals surface area contributed by atoms with Gasteiger partial charge in [0.1, 0.15) is 5.75 Å². The molecule has 7 heteroatoms. The molecule has 0 unspecified atom stereocenters. The molecule has 1 amide bonds. The number of hydrogen-bond donors (Lipinski definition) is 1. The lowest BCUT2D eigenvalue weighted by Crippen LogP contribution is -2.15. The van der Waals surface area contributed by atoms with Gasteiger partial charge in [-0.1, -0.05) is 17.8 Å². The minimum Gasteiger partial charge on any atom is -0.495 e. The molecule has 0 atom stereocenters. The summed E-state index contributed by atoms with van der Waals surface area (Å²) in [6.07, 6.45) is 0. The lowest BCUT2D eigenvalue weighted by Gasteiger charge is -2.10. The largest absolute Gasteiger partial charge is 0.495 e. The topological polar surface area (TPSA) is 77.0 Å². The maximum Gasteiger partial charge on any atom is 0.234 e. The average Bonchev–Trinajstić information content (AvgIpc) is 2.49. The summed E-state index contributed by atoms with van der Waals surface area (Å²) < 4.78 is 5.24. The molecule has 0 aliphatic heterocycles. The third kappa shape index (κ3) is 4.17. The maximum absolute atomic E-state index is 12.1. The van der Waals surface area contributed by atoms with Crippen LogP contribution in [0.5, 0.6) is 5.75 Å². The first-order valence-corrected chi connectivity index (χ1v) is 7.73. The number of carbonyl (C=O) groups is 1. The number of amides is 1. The Morgan fingerprint density at radius 2 is 2.00 bits per heavy atom. The second-order valence-electron chi connectivity index (χ2n) is 4.81. The summed E-state index contributed by atoms with van der Waals surface area (Å²) in [5.41, 5.74) is 3.31. The number of nitrogens with one attached hydrogen (secondary N) is 1. The van der Waals surface area contributed by atoms with E-state index < -0.39 is 0 Å². The second-order valence-corrected chi connectivity index (χ2v) is 5.75. The number of rotatable bonds is 5. The van der Waals surface area contributed by atoms with Gasteiger partial charge in [-0.25, -0.2) is 4.98 Å². The normalized spacial score (nSPS) is 10.4. The van der Waals surface area contributed by atoms with E-state index >= 15 is 0 Å². The Kier molecular flexibility index (Phi) is 5.32. The van der Waals surface area contributed by atoms with Crippen molar-refractivity contribution < 1.29 is 9.53 Å². The molecule has 0 saturated carbocycles. The SMILES string of the molecule is COc1ccc(C)cc1NC(=O)CSc1nnc(C)c(C)n1. The zero-order valence-electron chi connectivity index (χ0n) is 13.0. The Morgan fingerprint density at radius 1 is 1.23 bits per heavy atom. The molecule has 0 radical (unpaired) electrons. The van der Waals surface area contributed by atoms with Gasteiger partial charge in [-0.15, -0.1) is 5.10 Å². The van der Waals surface area contributed by atoms with Crippen molar-refractivity contribution in [3.05, 3.63) is 35.2 Å². The summed E-state index contributed by atoms with van der Waals surface area (Å²) >= 11 is 1.25. The van der Waals surface area contributed by atoms with Crippen LogP contribution in [0.25, 0.3) is 0 Å². The highest BCUT2D eigenvalue weighted by Gasteiger charge is 2.10. The van der Waals surface area contributed by atoms with Gasteiger partial charge < -0.3 is 10.1 Å². The Morgan fingerprint density at radius 3 is 2.68 bits per heavy atom. The zero-order valence-corrected chi connectivity index (χ0v) is 13.8. The molecule has 1 N–H and O–H groups in total. The Labute approximate surface area is 133 Å². The van der Waals surface area contributed by atoms with E-state index in [1.807, 2.05) is 39.0 Å². The summed E-state index contributed by atoms with van der Waals surface area (Å²) in [6, 6.07) is 5.63. The summed E-state index contributed by atoms with van der Waals surface area (Å²) in [7, 11) is 1.57. The van der Waals surface area contributed by atoms with Gasteiger partial charge in [0.2, 0.25) is 11.1 Å². The van der Waals surface area contributed by atoms with Gasteiger partial charge in [0.05, 0.1) is 29.9 Å². The molecule has 0 aliphatic carbocycles. The molecule has 116 valence electrons. The van der Waals surface area contributed by atoms with Crippen LogP contribution >= 0.6 is 11.8 Å². The van der Waals surface area contributed by atoms with Crippen LogP contribution in [0, 0.1) is 20.8 Å². The summed E-state index contributed by atoms with van der Waals surface area (Å²) in [5, 5.41) is 11.3. The first-order valence-electron chi connectivity index (χ1n) is 6.75. The van der Waals surface area contributed by atoms with Gasteiger partial charge in [-0.05, 0) is 38.5 Å². The number of aryl methyl sites for hydroxylation is 3. The molecule has 6 nitrogen and oxygen atoms in total. The molecule has 0 saturated heterocycles. The average molecular weight is 318 g/mol. The van der Waals surface area contributed by atoms with Crippen LogP contribution in [0.15, 0.2) is 23.4 Å². The molecule has 0 aliphatic rings. The van der Waals surface area contributed by atoms with Gasteiger partial charge >= 0.3 is 0 Å². The molecular weight excluding hydrogens is 300 g/mol. The first-order chi connectivity index (χ1) is 10.5. The van der Waals surface area contributed by atoms with Crippen molar-refractivity contribution in [2.24, 2.45) is 0 Å². The van der Waals surface area contributed by atoms with Gasteiger partial charge in [-0.2, -0.15) is 5.10 Å².